The van der Waals surface area contributed by atoms with E-state index in [0.29, 0.717) is 5.69 Å². The minimum absolute atomic E-state index is 0.0952. The molecule has 31 heavy (non-hydrogen) atoms. The van der Waals surface area contributed by atoms with Gasteiger partial charge in [-0.2, -0.15) is 5.10 Å². The number of amides is 1. The van der Waals surface area contributed by atoms with E-state index in [-0.39, 0.29) is 17.8 Å². The summed E-state index contributed by atoms with van der Waals surface area (Å²) in [5.74, 6) is -0.373. The summed E-state index contributed by atoms with van der Waals surface area (Å²) in [7, 11) is 0. The topological polar surface area (TPSA) is 63.1 Å². The average Bonchev–Trinajstić information content (AvgIpc) is 3.39. The molecule has 1 fully saturated rings. The standard InChI is InChI=1S/C24H26FN5O/c25-17-7-9-20(10-8-17)30-22-6-3-5-21(22)23(28-30)24(31)27-18-11-14-29(15-12-18)16-19-4-1-2-13-26-19/h1-2,4,7-10,13,18H,3,5-6,11-12,14-16H2,(H,27,31). The molecule has 2 aliphatic rings. The first-order valence-electron chi connectivity index (χ1n) is 11.0. The maximum atomic E-state index is 13.3. The molecule has 6 nitrogen and oxygen atoms in total. The molecule has 0 unspecified atom stereocenters. The summed E-state index contributed by atoms with van der Waals surface area (Å²) in [6, 6.07) is 12.4. The van der Waals surface area contributed by atoms with E-state index in [4.69, 9.17) is 0 Å². The van der Waals surface area contributed by atoms with Crippen LogP contribution in [-0.2, 0) is 19.4 Å². The first-order chi connectivity index (χ1) is 15.2. The van der Waals surface area contributed by atoms with Crippen LogP contribution in [0.2, 0.25) is 0 Å². The molecule has 2 aromatic heterocycles. The molecule has 7 heteroatoms. The molecule has 0 radical (unpaired) electrons. The Labute approximate surface area is 181 Å². The fraction of sp³-hybridized carbons (Fsp3) is 0.375. The largest absolute Gasteiger partial charge is 0.348 e. The molecule has 1 aliphatic heterocycles. The van der Waals surface area contributed by atoms with E-state index in [1.807, 2.05) is 29.1 Å². The maximum absolute atomic E-state index is 13.3. The molecule has 1 aromatic carbocycles. The number of likely N-dealkylation sites (tertiary alicyclic amines) is 1. The van der Waals surface area contributed by atoms with Crippen LogP contribution in [0.1, 0.15) is 46.7 Å². The molecule has 3 aromatic rings. The van der Waals surface area contributed by atoms with Crippen molar-refractivity contribution in [2.24, 2.45) is 0 Å². The number of aromatic nitrogens is 3. The third-order valence-corrected chi connectivity index (χ3v) is 6.25. The predicted molar refractivity (Wildman–Crippen MR) is 116 cm³/mol. The highest BCUT2D eigenvalue weighted by atomic mass is 19.1. The van der Waals surface area contributed by atoms with Crippen LogP contribution >= 0.6 is 0 Å². The maximum Gasteiger partial charge on any atom is 0.272 e. The first kappa shape index (κ1) is 19.9. The van der Waals surface area contributed by atoms with E-state index in [1.165, 1.54) is 12.1 Å². The van der Waals surface area contributed by atoms with E-state index >= 15 is 0 Å². The van der Waals surface area contributed by atoms with Crippen molar-refractivity contribution >= 4 is 5.91 Å². The van der Waals surface area contributed by atoms with Crippen molar-refractivity contribution in [3.8, 4) is 5.69 Å². The Hall–Kier alpha value is -3.06. The van der Waals surface area contributed by atoms with Crippen molar-refractivity contribution < 1.29 is 9.18 Å². The summed E-state index contributed by atoms with van der Waals surface area (Å²) in [6.07, 6.45) is 6.42. The van der Waals surface area contributed by atoms with Crippen LogP contribution in [0.4, 0.5) is 4.39 Å². The number of nitrogens with one attached hydrogen (secondary N) is 1. The number of rotatable bonds is 5. The third-order valence-electron chi connectivity index (χ3n) is 6.25. The van der Waals surface area contributed by atoms with Crippen molar-refractivity contribution in [2.45, 2.75) is 44.7 Å². The lowest BCUT2D eigenvalue weighted by atomic mass is 10.0. The van der Waals surface area contributed by atoms with E-state index in [1.54, 1.807) is 12.1 Å². The number of benzene rings is 1. The highest BCUT2D eigenvalue weighted by Gasteiger charge is 2.29. The van der Waals surface area contributed by atoms with Gasteiger partial charge in [-0.1, -0.05) is 6.07 Å². The molecular formula is C24H26FN5O. The number of nitrogens with zero attached hydrogens (tertiary/aromatic N) is 4. The summed E-state index contributed by atoms with van der Waals surface area (Å²) in [6.45, 7) is 2.71. The minimum Gasteiger partial charge on any atom is -0.348 e. The molecule has 1 aliphatic carbocycles. The zero-order valence-electron chi connectivity index (χ0n) is 17.4. The second kappa shape index (κ2) is 8.59. The van der Waals surface area contributed by atoms with Gasteiger partial charge in [0.2, 0.25) is 0 Å². The Morgan fingerprint density at radius 2 is 1.90 bits per heavy atom. The van der Waals surface area contributed by atoms with Gasteiger partial charge < -0.3 is 5.32 Å². The lowest BCUT2D eigenvalue weighted by Gasteiger charge is -2.32. The van der Waals surface area contributed by atoms with Crippen LogP contribution in [0.15, 0.2) is 48.7 Å². The number of carbonyl (C=O) groups excluding carboxylic acids is 1. The summed E-state index contributed by atoms with van der Waals surface area (Å²) >= 11 is 0. The van der Waals surface area contributed by atoms with Crippen molar-refractivity contribution in [1.29, 1.82) is 0 Å². The average molecular weight is 420 g/mol. The Morgan fingerprint density at radius 1 is 1.10 bits per heavy atom. The van der Waals surface area contributed by atoms with Gasteiger partial charge in [-0.3, -0.25) is 14.7 Å². The molecule has 0 spiro atoms. The monoisotopic (exact) mass is 419 g/mol. The molecule has 1 N–H and O–H groups in total. The van der Waals surface area contributed by atoms with Gasteiger partial charge in [-0.25, -0.2) is 9.07 Å². The van der Waals surface area contributed by atoms with Crippen molar-refractivity contribution in [3.05, 3.63) is 77.1 Å². The van der Waals surface area contributed by atoms with Gasteiger partial charge in [0.15, 0.2) is 5.69 Å². The van der Waals surface area contributed by atoms with Gasteiger partial charge >= 0.3 is 0 Å². The van der Waals surface area contributed by atoms with E-state index < -0.39 is 0 Å². The first-order valence-corrected chi connectivity index (χ1v) is 11.0. The second-order valence-corrected chi connectivity index (χ2v) is 8.36. The summed E-state index contributed by atoms with van der Waals surface area (Å²) < 4.78 is 15.1. The number of piperidine rings is 1. The molecule has 1 amide bonds. The van der Waals surface area contributed by atoms with Gasteiger partial charge in [0.1, 0.15) is 5.82 Å². The Balaban J connectivity index is 1.24. The Bertz CT molecular complexity index is 1060. The molecule has 3 heterocycles. The molecule has 5 rings (SSSR count). The zero-order valence-corrected chi connectivity index (χ0v) is 17.4. The third kappa shape index (κ3) is 4.23. The SMILES string of the molecule is O=C(NC1CCN(Cc2ccccn2)CC1)c1nn(-c2ccc(F)cc2)c2c1CCC2. The van der Waals surface area contributed by atoms with Crippen LogP contribution in [0, 0.1) is 5.82 Å². The van der Waals surface area contributed by atoms with Crippen LogP contribution < -0.4 is 5.32 Å². The highest BCUT2D eigenvalue weighted by molar-refractivity contribution is 5.94. The van der Waals surface area contributed by atoms with Gasteiger partial charge in [-0.05, 0) is 68.5 Å². The van der Waals surface area contributed by atoms with Crippen LogP contribution in [0.5, 0.6) is 0 Å². The van der Waals surface area contributed by atoms with Gasteiger partial charge in [0.05, 0.1) is 11.4 Å². The van der Waals surface area contributed by atoms with Crippen molar-refractivity contribution in [2.75, 3.05) is 13.1 Å². The van der Waals surface area contributed by atoms with Gasteiger partial charge in [0, 0.05) is 43.1 Å². The molecule has 0 bridgehead atoms. The fourth-order valence-electron chi connectivity index (χ4n) is 4.63. The van der Waals surface area contributed by atoms with E-state index in [9.17, 15) is 9.18 Å². The molecular weight excluding hydrogens is 393 g/mol. The minimum atomic E-state index is -0.278. The normalized spacial score (nSPS) is 16.9. The van der Waals surface area contributed by atoms with E-state index in [2.05, 4.69) is 20.3 Å². The molecule has 0 atom stereocenters. The Morgan fingerprint density at radius 3 is 2.65 bits per heavy atom. The second-order valence-electron chi connectivity index (χ2n) is 8.36. The lowest BCUT2D eigenvalue weighted by Crippen LogP contribution is -2.44. The summed E-state index contributed by atoms with van der Waals surface area (Å²) in [5.41, 5.74) is 4.50. The van der Waals surface area contributed by atoms with E-state index in [0.717, 1.165) is 74.4 Å². The molecule has 0 saturated carbocycles. The van der Waals surface area contributed by atoms with Crippen LogP contribution in [0.3, 0.4) is 0 Å². The molecule has 1 saturated heterocycles. The number of hydrogen-bond donors (Lipinski definition) is 1. The number of halogens is 1. The van der Waals surface area contributed by atoms with Crippen LogP contribution in [-0.4, -0.2) is 44.7 Å². The van der Waals surface area contributed by atoms with Crippen LogP contribution in [0.25, 0.3) is 5.69 Å². The Kier molecular flexibility index (Phi) is 5.51. The van der Waals surface area contributed by atoms with Crippen molar-refractivity contribution in [3.63, 3.8) is 0 Å². The number of pyridine rings is 1. The zero-order chi connectivity index (χ0) is 21.2. The fourth-order valence-corrected chi connectivity index (χ4v) is 4.63. The summed E-state index contributed by atoms with van der Waals surface area (Å²) in [4.78, 5) is 19.9. The highest BCUT2D eigenvalue weighted by Crippen LogP contribution is 2.28. The number of carbonyl (C=O) groups is 1. The van der Waals surface area contributed by atoms with Gasteiger partial charge in [0.25, 0.3) is 5.91 Å². The van der Waals surface area contributed by atoms with Crippen molar-refractivity contribution in [1.82, 2.24) is 25.0 Å². The smallest absolute Gasteiger partial charge is 0.272 e. The quantitative estimate of drug-likeness (QED) is 0.689. The molecule has 160 valence electrons. The van der Waals surface area contributed by atoms with Gasteiger partial charge in [-0.15, -0.1) is 0 Å². The predicted octanol–water partition coefficient (Wildman–Crippen LogP) is 3.29. The summed E-state index contributed by atoms with van der Waals surface area (Å²) in [5, 5.41) is 7.84. The number of fused-ring (bicyclic) bond motifs is 1. The number of hydrogen-bond acceptors (Lipinski definition) is 4. The lowest BCUT2D eigenvalue weighted by molar-refractivity contribution is 0.0902.